The lowest BCUT2D eigenvalue weighted by atomic mass is 9.81. The van der Waals surface area contributed by atoms with Crippen molar-refractivity contribution in [3.63, 3.8) is 0 Å². The maximum absolute atomic E-state index is 13.8. The number of para-hydroxylation sites is 1. The van der Waals surface area contributed by atoms with Crippen LogP contribution in [0.3, 0.4) is 0 Å². The van der Waals surface area contributed by atoms with Crippen molar-refractivity contribution in [2.75, 3.05) is 18.0 Å². The third kappa shape index (κ3) is 3.70. The van der Waals surface area contributed by atoms with Gasteiger partial charge in [-0.15, -0.1) is 0 Å². The molecule has 2 aromatic rings. The van der Waals surface area contributed by atoms with Gasteiger partial charge < -0.3 is 4.74 Å². The first kappa shape index (κ1) is 21.9. The van der Waals surface area contributed by atoms with Crippen LogP contribution in [0.4, 0.5) is 5.69 Å². The van der Waals surface area contributed by atoms with Gasteiger partial charge in [0.25, 0.3) is 10.0 Å². The highest BCUT2D eigenvalue weighted by Gasteiger charge is 2.48. The van der Waals surface area contributed by atoms with Gasteiger partial charge in [0.15, 0.2) is 0 Å². The number of benzene rings is 2. The summed E-state index contributed by atoms with van der Waals surface area (Å²) in [5, 5.41) is 0. The maximum atomic E-state index is 13.8. The fourth-order valence-electron chi connectivity index (χ4n) is 5.46. The number of carbonyl (C=O) groups excluding carboxylic acids is 2. The number of hydrogen-bond acceptors (Lipinski definition) is 5. The van der Waals surface area contributed by atoms with E-state index in [0.717, 1.165) is 44.1 Å². The summed E-state index contributed by atoms with van der Waals surface area (Å²) in [6.07, 6.45) is 5.01. The molecule has 2 aromatic carbocycles. The van der Waals surface area contributed by atoms with Gasteiger partial charge in [0.2, 0.25) is 11.8 Å². The third-order valence-corrected chi connectivity index (χ3v) is 8.97. The van der Waals surface area contributed by atoms with Crippen molar-refractivity contribution < 1.29 is 22.7 Å². The molecule has 0 radical (unpaired) electrons. The molecule has 2 amide bonds. The molecule has 0 spiro atoms. The summed E-state index contributed by atoms with van der Waals surface area (Å²) in [5.74, 6) is -0.463. The van der Waals surface area contributed by atoms with Crippen molar-refractivity contribution in [2.24, 2.45) is 11.8 Å². The second-order valence-electron chi connectivity index (χ2n) is 9.05. The van der Waals surface area contributed by atoms with Crippen molar-refractivity contribution in [1.29, 1.82) is 0 Å². The first-order valence-electron chi connectivity index (χ1n) is 11.5. The lowest BCUT2D eigenvalue weighted by Gasteiger charge is -2.31. The van der Waals surface area contributed by atoms with Gasteiger partial charge >= 0.3 is 0 Å². The number of nitrogens with zero attached hydrogens (tertiary/aromatic N) is 2. The number of amides is 2. The summed E-state index contributed by atoms with van der Waals surface area (Å²) >= 11 is 0. The fraction of sp³-hybridized carbons (Fsp3) is 0.440. The van der Waals surface area contributed by atoms with Crippen LogP contribution < -0.4 is 9.04 Å². The Bertz CT molecular complexity index is 1190. The highest BCUT2D eigenvalue weighted by molar-refractivity contribution is 7.93. The Kier molecular flexibility index (Phi) is 5.64. The number of likely N-dealkylation sites (tertiary alicyclic amines) is 1. The molecule has 174 valence electrons. The van der Waals surface area contributed by atoms with Crippen molar-refractivity contribution >= 4 is 27.5 Å². The molecule has 8 heteroatoms. The van der Waals surface area contributed by atoms with E-state index in [1.807, 2.05) is 24.3 Å². The van der Waals surface area contributed by atoms with E-state index >= 15 is 0 Å². The maximum Gasteiger partial charge on any atom is 0.268 e. The molecule has 0 bridgehead atoms. The summed E-state index contributed by atoms with van der Waals surface area (Å²) < 4.78 is 34.3. The molecule has 0 unspecified atom stereocenters. The molecule has 3 aliphatic rings. The molecule has 1 saturated heterocycles. The summed E-state index contributed by atoms with van der Waals surface area (Å²) in [6.45, 7) is 0.465. The molecule has 33 heavy (non-hydrogen) atoms. The van der Waals surface area contributed by atoms with E-state index in [4.69, 9.17) is 4.74 Å². The Morgan fingerprint density at radius 1 is 0.970 bits per heavy atom. The Balaban J connectivity index is 1.48. The zero-order valence-electron chi connectivity index (χ0n) is 18.7. The number of carbonyl (C=O) groups is 2. The van der Waals surface area contributed by atoms with Crippen LogP contribution in [0.25, 0.3) is 0 Å². The van der Waals surface area contributed by atoms with Crippen LogP contribution in [0.1, 0.15) is 43.2 Å². The number of aryl methyl sites for hydroxylation is 1. The number of ether oxygens (including phenoxy) is 1. The number of fused-ring (bicyclic) bond motifs is 2. The van der Waals surface area contributed by atoms with Crippen LogP contribution in [0.15, 0.2) is 47.4 Å². The molecule has 0 N–H and O–H groups in total. The normalized spacial score (nSPS) is 22.8. The predicted octanol–water partition coefficient (Wildman–Crippen LogP) is 3.51. The van der Waals surface area contributed by atoms with Gasteiger partial charge in [-0.1, -0.05) is 37.1 Å². The average molecular weight is 469 g/mol. The monoisotopic (exact) mass is 468 g/mol. The Morgan fingerprint density at radius 3 is 2.36 bits per heavy atom. The first-order chi connectivity index (χ1) is 15.9. The van der Waals surface area contributed by atoms with Gasteiger partial charge in [0.1, 0.15) is 10.6 Å². The van der Waals surface area contributed by atoms with Crippen LogP contribution in [0, 0.1) is 11.8 Å². The smallest absolute Gasteiger partial charge is 0.268 e. The first-order valence-corrected chi connectivity index (χ1v) is 13.0. The minimum Gasteiger partial charge on any atom is -0.495 e. The quantitative estimate of drug-likeness (QED) is 0.627. The minimum absolute atomic E-state index is 0.0516. The van der Waals surface area contributed by atoms with E-state index in [0.29, 0.717) is 17.8 Å². The summed E-state index contributed by atoms with van der Waals surface area (Å²) in [6, 6.07) is 12.4. The van der Waals surface area contributed by atoms with Crippen molar-refractivity contribution in [2.45, 2.75) is 50.0 Å². The fourth-order valence-corrected chi connectivity index (χ4v) is 7.21. The second-order valence-corrected chi connectivity index (χ2v) is 10.9. The van der Waals surface area contributed by atoms with Gasteiger partial charge in [-0.3, -0.25) is 18.8 Å². The number of sulfonamides is 1. The van der Waals surface area contributed by atoms with E-state index in [1.165, 1.54) is 16.3 Å². The van der Waals surface area contributed by atoms with Crippen molar-refractivity contribution in [3.8, 4) is 5.75 Å². The van der Waals surface area contributed by atoms with Crippen LogP contribution in [-0.4, -0.2) is 38.8 Å². The van der Waals surface area contributed by atoms with Gasteiger partial charge in [-0.05, 0) is 55.0 Å². The molecule has 2 aliphatic heterocycles. The zero-order valence-corrected chi connectivity index (χ0v) is 19.5. The highest BCUT2D eigenvalue weighted by atomic mass is 32.2. The van der Waals surface area contributed by atoms with Crippen LogP contribution in [-0.2, 0) is 32.6 Å². The second kappa shape index (κ2) is 8.48. The van der Waals surface area contributed by atoms with Crippen molar-refractivity contribution in [3.05, 3.63) is 53.6 Å². The van der Waals surface area contributed by atoms with E-state index in [1.54, 1.807) is 18.2 Å². The van der Waals surface area contributed by atoms with E-state index in [2.05, 4.69) is 0 Å². The number of rotatable bonds is 5. The molecular formula is C25H28N2O5S. The topological polar surface area (TPSA) is 84.0 Å². The number of methoxy groups -OCH3 is 1. The van der Waals surface area contributed by atoms with E-state index < -0.39 is 10.0 Å². The van der Waals surface area contributed by atoms with Gasteiger partial charge in [0, 0.05) is 6.54 Å². The number of hydrogen-bond donors (Lipinski definition) is 0. The molecule has 2 heterocycles. The summed E-state index contributed by atoms with van der Waals surface area (Å²) in [7, 11) is -2.46. The number of imide groups is 1. The van der Waals surface area contributed by atoms with Crippen molar-refractivity contribution in [1.82, 2.24) is 4.90 Å². The van der Waals surface area contributed by atoms with E-state index in [9.17, 15) is 18.0 Å². The van der Waals surface area contributed by atoms with Crippen LogP contribution in [0.2, 0.25) is 0 Å². The Labute approximate surface area is 194 Å². The lowest BCUT2D eigenvalue weighted by Crippen LogP contribution is -2.36. The molecule has 1 aliphatic carbocycles. The average Bonchev–Trinajstić information content (AvgIpc) is 3.08. The molecule has 7 nitrogen and oxygen atoms in total. The van der Waals surface area contributed by atoms with Crippen LogP contribution in [0.5, 0.6) is 5.75 Å². The predicted molar refractivity (Wildman–Crippen MR) is 123 cm³/mol. The largest absolute Gasteiger partial charge is 0.495 e. The molecule has 0 aromatic heterocycles. The number of anilines is 1. The minimum atomic E-state index is -3.90. The Morgan fingerprint density at radius 2 is 1.67 bits per heavy atom. The molecule has 1 saturated carbocycles. The molecule has 2 fully saturated rings. The lowest BCUT2D eigenvalue weighted by molar-refractivity contribution is -0.140. The highest BCUT2D eigenvalue weighted by Crippen LogP contribution is 2.39. The van der Waals surface area contributed by atoms with Gasteiger partial charge in [0.05, 0.1) is 31.2 Å². The summed E-state index contributed by atoms with van der Waals surface area (Å²) in [4.78, 5) is 27.2. The van der Waals surface area contributed by atoms with Crippen LogP contribution >= 0.6 is 0 Å². The summed E-state index contributed by atoms with van der Waals surface area (Å²) in [5.41, 5.74) is 2.28. The SMILES string of the molecule is COc1ccc(CN2C(=O)[C@@H]3CCCC[C@H]3C2=O)cc1S(=O)(=O)N1CCCc2ccccc21. The molecular weight excluding hydrogens is 440 g/mol. The molecule has 2 atom stereocenters. The van der Waals surface area contributed by atoms with E-state index in [-0.39, 0.29) is 40.8 Å². The standard InChI is InChI=1S/C25H28N2O5S/c1-32-22-13-12-17(16-26-24(28)19-9-3-4-10-20(19)25(26)29)15-23(22)33(30,31)27-14-6-8-18-7-2-5-11-21(18)27/h2,5,7,11-13,15,19-20H,3-4,6,8-10,14,16H2,1H3/t19-,20-/m1/s1. The third-order valence-electron chi connectivity index (χ3n) is 7.14. The molecule has 5 rings (SSSR count). The Hall–Kier alpha value is -2.87. The van der Waals surface area contributed by atoms with Gasteiger partial charge in [-0.25, -0.2) is 8.42 Å². The zero-order chi connectivity index (χ0) is 23.2. The van der Waals surface area contributed by atoms with Gasteiger partial charge in [-0.2, -0.15) is 0 Å².